The summed E-state index contributed by atoms with van der Waals surface area (Å²) in [5.41, 5.74) is 5.15. The first-order chi connectivity index (χ1) is 8.14. The molecule has 0 bridgehead atoms. The van der Waals surface area contributed by atoms with E-state index in [-0.39, 0.29) is 0 Å². The van der Waals surface area contributed by atoms with Crippen LogP contribution in [-0.4, -0.2) is 42.3 Å². The first kappa shape index (κ1) is 13.3. The van der Waals surface area contributed by atoms with E-state index in [0.717, 1.165) is 38.1 Å². The van der Waals surface area contributed by atoms with Crippen molar-refractivity contribution in [1.82, 2.24) is 4.90 Å². The molecule has 0 aliphatic heterocycles. The fourth-order valence-electron chi connectivity index (χ4n) is 3.39. The minimum atomic E-state index is -0.558. The summed E-state index contributed by atoms with van der Waals surface area (Å²) in [7, 11) is 2.22. The summed E-state index contributed by atoms with van der Waals surface area (Å²) >= 11 is 0. The second kappa shape index (κ2) is 5.68. The van der Waals surface area contributed by atoms with Gasteiger partial charge in [0.1, 0.15) is 0 Å². The van der Waals surface area contributed by atoms with Crippen LogP contribution in [-0.2, 0) is 0 Å². The summed E-state index contributed by atoms with van der Waals surface area (Å²) in [4.78, 5) is 2.44. The van der Waals surface area contributed by atoms with Gasteiger partial charge in [0, 0.05) is 13.1 Å². The molecule has 17 heavy (non-hydrogen) atoms. The molecular weight excluding hydrogens is 212 g/mol. The van der Waals surface area contributed by atoms with Crippen molar-refractivity contribution >= 4 is 0 Å². The van der Waals surface area contributed by atoms with Crippen LogP contribution >= 0.6 is 0 Å². The lowest BCUT2D eigenvalue weighted by Gasteiger charge is -2.33. The van der Waals surface area contributed by atoms with E-state index in [4.69, 9.17) is 5.73 Å². The molecule has 3 heteroatoms. The van der Waals surface area contributed by atoms with E-state index in [2.05, 4.69) is 11.9 Å². The average molecular weight is 240 g/mol. The van der Waals surface area contributed by atoms with E-state index in [1.165, 1.54) is 25.8 Å². The molecule has 100 valence electrons. The number of aliphatic hydroxyl groups is 1. The minimum Gasteiger partial charge on any atom is -0.388 e. The Morgan fingerprint density at radius 3 is 2.65 bits per heavy atom. The molecule has 0 amide bonds. The van der Waals surface area contributed by atoms with E-state index < -0.39 is 5.60 Å². The van der Waals surface area contributed by atoms with Gasteiger partial charge in [-0.3, -0.25) is 0 Å². The third kappa shape index (κ3) is 3.21. The molecule has 2 rings (SSSR count). The number of nitrogens with zero attached hydrogens (tertiary/aromatic N) is 1. The van der Waals surface area contributed by atoms with E-state index in [0.29, 0.717) is 12.5 Å². The average Bonchev–Trinajstić information content (AvgIpc) is 2.63. The highest BCUT2D eigenvalue weighted by atomic mass is 16.3. The molecule has 2 fully saturated rings. The van der Waals surface area contributed by atoms with Gasteiger partial charge in [-0.1, -0.05) is 12.8 Å². The van der Waals surface area contributed by atoms with Crippen LogP contribution in [0.4, 0.5) is 0 Å². The van der Waals surface area contributed by atoms with Crippen LogP contribution in [0.15, 0.2) is 0 Å². The molecule has 0 saturated heterocycles. The Morgan fingerprint density at radius 2 is 2.06 bits per heavy atom. The first-order valence-electron chi connectivity index (χ1n) is 7.25. The van der Waals surface area contributed by atoms with Crippen LogP contribution in [0.3, 0.4) is 0 Å². The SMILES string of the molecule is CN(CCC1CCCC1(O)CN)CC1CCC1. The summed E-state index contributed by atoms with van der Waals surface area (Å²) < 4.78 is 0. The van der Waals surface area contributed by atoms with Crippen LogP contribution in [0.25, 0.3) is 0 Å². The Labute approximate surface area is 105 Å². The topological polar surface area (TPSA) is 49.5 Å². The van der Waals surface area contributed by atoms with Gasteiger partial charge >= 0.3 is 0 Å². The second-order valence-corrected chi connectivity index (χ2v) is 6.24. The number of hydrogen-bond donors (Lipinski definition) is 2. The monoisotopic (exact) mass is 240 g/mol. The number of nitrogens with two attached hydrogens (primary N) is 1. The third-order valence-electron chi connectivity index (χ3n) is 4.93. The van der Waals surface area contributed by atoms with Crippen molar-refractivity contribution in [3.63, 3.8) is 0 Å². The van der Waals surface area contributed by atoms with Crippen LogP contribution in [0.2, 0.25) is 0 Å². The van der Waals surface area contributed by atoms with Crippen molar-refractivity contribution in [2.75, 3.05) is 26.7 Å². The second-order valence-electron chi connectivity index (χ2n) is 6.24. The molecule has 0 aromatic carbocycles. The Kier molecular flexibility index (Phi) is 4.45. The van der Waals surface area contributed by atoms with Crippen LogP contribution in [0.5, 0.6) is 0 Å². The summed E-state index contributed by atoms with van der Waals surface area (Å²) in [6, 6.07) is 0. The van der Waals surface area contributed by atoms with Crippen molar-refractivity contribution in [3.05, 3.63) is 0 Å². The molecule has 2 aliphatic rings. The van der Waals surface area contributed by atoms with Crippen LogP contribution in [0.1, 0.15) is 44.9 Å². The van der Waals surface area contributed by atoms with Crippen molar-refractivity contribution < 1.29 is 5.11 Å². The van der Waals surface area contributed by atoms with Crippen LogP contribution < -0.4 is 5.73 Å². The number of hydrogen-bond acceptors (Lipinski definition) is 3. The van der Waals surface area contributed by atoms with Gasteiger partial charge in [-0.2, -0.15) is 0 Å². The van der Waals surface area contributed by atoms with Crippen molar-refractivity contribution in [2.24, 2.45) is 17.6 Å². The van der Waals surface area contributed by atoms with Gasteiger partial charge in [-0.25, -0.2) is 0 Å². The van der Waals surface area contributed by atoms with Gasteiger partial charge in [0.25, 0.3) is 0 Å². The quantitative estimate of drug-likeness (QED) is 0.741. The predicted molar refractivity (Wildman–Crippen MR) is 70.8 cm³/mol. The van der Waals surface area contributed by atoms with Gasteiger partial charge in [-0.15, -0.1) is 0 Å². The van der Waals surface area contributed by atoms with Crippen molar-refractivity contribution in [3.8, 4) is 0 Å². The van der Waals surface area contributed by atoms with Crippen molar-refractivity contribution in [1.29, 1.82) is 0 Å². The maximum atomic E-state index is 10.4. The molecule has 0 spiro atoms. The lowest BCUT2D eigenvalue weighted by Crippen LogP contribution is -2.42. The predicted octanol–water partition coefficient (Wildman–Crippen LogP) is 1.60. The largest absolute Gasteiger partial charge is 0.388 e. The molecule has 3 nitrogen and oxygen atoms in total. The van der Waals surface area contributed by atoms with E-state index in [1.54, 1.807) is 0 Å². The zero-order chi connectivity index (χ0) is 12.3. The number of rotatable bonds is 6. The van der Waals surface area contributed by atoms with E-state index in [1.807, 2.05) is 0 Å². The maximum Gasteiger partial charge on any atom is 0.0797 e. The standard InChI is InChI=1S/C14H28N2O/c1-16(10-12-4-2-5-12)9-7-13-6-3-8-14(13,17)11-15/h12-13,17H,2-11,15H2,1H3. The van der Waals surface area contributed by atoms with E-state index in [9.17, 15) is 5.11 Å². The van der Waals surface area contributed by atoms with Gasteiger partial charge in [0.05, 0.1) is 5.60 Å². The van der Waals surface area contributed by atoms with Gasteiger partial charge in [-0.05, 0) is 57.5 Å². The Morgan fingerprint density at radius 1 is 1.29 bits per heavy atom. The molecule has 3 N–H and O–H groups in total. The minimum absolute atomic E-state index is 0.427. The molecule has 2 atom stereocenters. The normalized spacial score (nSPS) is 34.2. The Hall–Kier alpha value is -0.120. The molecule has 2 unspecified atom stereocenters. The highest BCUT2D eigenvalue weighted by Gasteiger charge is 2.39. The molecular formula is C14H28N2O. The molecule has 2 saturated carbocycles. The highest BCUT2D eigenvalue weighted by Crippen LogP contribution is 2.37. The summed E-state index contributed by atoms with van der Waals surface area (Å²) in [6.45, 7) is 2.79. The molecule has 0 radical (unpaired) electrons. The smallest absolute Gasteiger partial charge is 0.0797 e. The van der Waals surface area contributed by atoms with Gasteiger partial charge < -0.3 is 15.7 Å². The molecule has 0 heterocycles. The van der Waals surface area contributed by atoms with Crippen LogP contribution in [0, 0.1) is 11.8 Å². The van der Waals surface area contributed by atoms with E-state index >= 15 is 0 Å². The van der Waals surface area contributed by atoms with Crippen molar-refractivity contribution in [2.45, 2.75) is 50.5 Å². The third-order valence-corrected chi connectivity index (χ3v) is 4.93. The highest BCUT2D eigenvalue weighted by molar-refractivity contribution is 4.93. The Bertz CT molecular complexity index is 242. The summed E-state index contributed by atoms with van der Waals surface area (Å²) in [5, 5.41) is 10.4. The molecule has 0 aromatic rings. The maximum absolute atomic E-state index is 10.4. The van der Waals surface area contributed by atoms with Gasteiger partial charge in [0.2, 0.25) is 0 Å². The fraction of sp³-hybridized carbons (Fsp3) is 1.00. The van der Waals surface area contributed by atoms with Gasteiger partial charge in [0.15, 0.2) is 0 Å². The zero-order valence-corrected chi connectivity index (χ0v) is 11.2. The summed E-state index contributed by atoms with van der Waals surface area (Å²) in [6.07, 6.45) is 8.57. The lowest BCUT2D eigenvalue weighted by atomic mass is 9.84. The first-order valence-corrected chi connectivity index (χ1v) is 7.25. The molecule has 2 aliphatic carbocycles. The summed E-state index contributed by atoms with van der Waals surface area (Å²) in [5.74, 6) is 1.37. The molecule has 0 aromatic heterocycles. The fourth-order valence-corrected chi connectivity index (χ4v) is 3.39. The lowest BCUT2D eigenvalue weighted by molar-refractivity contribution is 0.00462. The Balaban J connectivity index is 1.69. The zero-order valence-electron chi connectivity index (χ0n) is 11.2.